The minimum atomic E-state index is 0. The second-order valence-electron chi connectivity index (χ2n) is 4.51. The number of carbonyl (C=O) groups is 1. The minimum absolute atomic E-state index is 0. The van der Waals surface area contributed by atoms with Crippen LogP contribution in [0.1, 0.15) is 29.6 Å². The van der Waals surface area contributed by atoms with Crippen LogP contribution in [0, 0.1) is 3.57 Å². The lowest BCUT2D eigenvalue weighted by Crippen LogP contribution is -2.47. The maximum absolute atomic E-state index is 12.5. The Morgan fingerprint density at radius 3 is 2.84 bits per heavy atom. The molecule has 1 aliphatic rings. The van der Waals surface area contributed by atoms with Crippen molar-refractivity contribution in [3.63, 3.8) is 0 Å². The maximum Gasteiger partial charge on any atom is 0.255 e. The molecule has 1 aliphatic heterocycles. The zero-order chi connectivity index (χ0) is 13.1. The minimum Gasteiger partial charge on any atom is -0.334 e. The maximum atomic E-state index is 12.5. The summed E-state index contributed by atoms with van der Waals surface area (Å²) in [5, 5.41) is 0.522. The molecule has 0 aromatic heterocycles. The fourth-order valence-electron chi connectivity index (χ4n) is 2.33. The molecule has 106 valence electrons. The van der Waals surface area contributed by atoms with Gasteiger partial charge in [-0.1, -0.05) is 11.6 Å². The summed E-state index contributed by atoms with van der Waals surface area (Å²) in [5.41, 5.74) is 6.32. The van der Waals surface area contributed by atoms with Crippen LogP contribution in [0.25, 0.3) is 0 Å². The molecule has 1 aromatic rings. The quantitative estimate of drug-likeness (QED) is 0.754. The van der Waals surface area contributed by atoms with E-state index in [1.165, 1.54) is 0 Å². The van der Waals surface area contributed by atoms with Crippen LogP contribution in [-0.4, -0.2) is 29.9 Å². The van der Waals surface area contributed by atoms with E-state index < -0.39 is 0 Å². The van der Waals surface area contributed by atoms with E-state index in [1.54, 1.807) is 6.07 Å². The topological polar surface area (TPSA) is 46.3 Å². The highest BCUT2D eigenvalue weighted by Crippen LogP contribution is 2.24. The van der Waals surface area contributed by atoms with E-state index in [4.69, 9.17) is 17.3 Å². The summed E-state index contributed by atoms with van der Waals surface area (Å²) in [6.07, 6.45) is 3.18. The van der Waals surface area contributed by atoms with Gasteiger partial charge in [0.1, 0.15) is 0 Å². The number of nitrogens with zero attached hydrogens (tertiary/aromatic N) is 1. The standard InChI is InChI=1S/C13H16ClIN2O.ClH/c14-12-7-9(15)4-5-11(12)13(18)17-6-2-1-3-10(17)8-16;/h4-5,7,10H,1-3,6,8,16H2;1H. The van der Waals surface area contributed by atoms with Crippen molar-refractivity contribution >= 4 is 52.5 Å². The van der Waals surface area contributed by atoms with Gasteiger partial charge in [-0.25, -0.2) is 0 Å². The molecule has 0 aliphatic carbocycles. The fourth-order valence-corrected chi connectivity index (χ4v) is 3.27. The number of nitrogens with two attached hydrogens (primary N) is 1. The third-order valence-corrected chi connectivity index (χ3v) is 4.31. The van der Waals surface area contributed by atoms with E-state index in [0.717, 1.165) is 29.4 Å². The van der Waals surface area contributed by atoms with Crippen molar-refractivity contribution in [3.8, 4) is 0 Å². The number of halogens is 3. The van der Waals surface area contributed by atoms with Crippen LogP contribution >= 0.6 is 46.6 Å². The molecule has 3 nitrogen and oxygen atoms in total. The lowest BCUT2D eigenvalue weighted by molar-refractivity contribution is 0.0623. The second-order valence-corrected chi connectivity index (χ2v) is 6.16. The van der Waals surface area contributed by atoms with Crippen LogP contribution in [0.4, 0.5) is 0 Å². The highest BCUT2D eigenvalue weighted by Gasteiger charge is 2.27. The zero-order valence-corrected chi connectivity index (χ0v) is 14.2. The largest absolute Gasteiger partial charge is 0.334 e. The summed E-state index contributed by atoms with van der Waals surface area (Å²) in [5.74, 6) is 0.00606. The van der Waals surface area contributed by atoms with Crippen LogP contribution in [0.15, 0.2) is 18.2 Å². The summed E-state index contributed by atoms with van der Waals surface area (Å²) in [4.78, 5) is 14.4. The highest BCUT2D eigenvalue weighted by atomic mass is 127. The Bertz CT molecular complexity index is 456. The molecule has 0 spiro atoms. The average molecular weight is 415 g/mol. The fraction of sp³-hybridized carbons (Fsp3) is 0.462. The Balaban J connectivity index is 0.00000180. The first-order chi connectivity index (χ1) is 8.63. The highest BCUT2D eigenvalue weighted by molar-refractivity contribution is 14.1. The van der Waals surface area contributed by atoms with Gasteiger partial charge in [-0.2, -0.15) is 0 Å². The molecule has 2 N–H and O–H groups in total. The predicted molar refractivity (Wildman–Crippen MR) is 89.1 cm³/mol. The van der Waals surface area contributed by atoms with Gasteiger partial charge in [0, 0.05) is 22.7 Å². The SMILES string of the molecule is Cl.NCC1CCCCN1C(=O)c1ccc(I)cc1Cl. The van der Waals surface area contributed by atoms with Crippen molar-refractivity contribution in [3.05, 3.63) is 32.4 Å². The van der Waals surface area contributed by atoms with Gasteiger partial charge in [0.25, 0.3) is 5.91 Å². The summed E-state index contributed by atoms with van der Waals surface area (Å²) in [6.45, 7) is 1.30. The molecular formula is C13H17Cl2IN2O. The van der Waals surface area contributed by atoms with Gasteiger partial charge < -0.3 is 10.6 Å². The summed E-state index contributed by atoms with van der Waals surface area (Å²) in [7, 11) is 0. The van der Waals surface area contributed by atoms with Gasteiger partial charge in [0.05, 0.1) is 10.6 Å². The van der Waals surface area contributed by atoms with Crippen molar-refractivity contribution in [1.82, 2.24) is 4.90 Å². The lowest BCUT2D eigenvalue weighted by Gasteiger charge is -2.35. The number of hydrogen-bond acceptors (Lipinski definition) is 2. The Morgan fingerprint density at radius 1 is 1.47 bits per heavy atom. The van der Waals surface area contributed by atoms with Gasteiger partial charge in [0.15, 0.2) is 0 Å². The first kappa shape index (κ1) is 17.0. The molecule has 1 saturated heterocycles. The molecule has 0 bridgehead atoms. The van der Waals surface area contributed by atoms with Crippen LogP contribution in [0.5, 0.6) is 0 Å². The Morgan fingerprint density at radius 2 is 2.21 bits per heavy atom. The Hall–Kier alpha value is -0.0400. The van der Waals surface area contributed by atoms with E-state index in [2.05, 4.69) is 22.6 Å². The van der Waals surface area contributed by atoms with E-state index in [0.29, 0.717) is 17.1 Å². The molecule has 0 radical (unpaired) electrons. The number of rotatable bonds is 2. The number of hydrogen-bond donors (Lipinski definition) is 1. The van der Waals surface area contributed by atoms with Gasteiger partial charge >= 0.3 is 0 Å². The first-order valence-electron chi connectivity index (χ1n) is 6.09. The molecule has 0 saturated carbocycles. The second kappa shape index (κ2) is 7.67. The number of piperidine rings is 1. The normalized spacial score (nSPS) is 18.9. The number of benzene rings is 1. The zero-order valence-electron chi connectivity index (χ0n) is 10.4. The van der Waals surface area contributed by atoms with E-state index in [9.17, 15) is 4.79 Å². The molecule has 6 heteroatoms. The number of carbonyl (C=O) groups excluding carboxylic acids is 1. The van der Waals surface area contributed by atoms with E-state index in [-0.39, 0.29) is 24.4 Å². The molecule has 1 unspecified atom stereocenters. The Labute approximate surface area is 138 Å². The molecule has 1 fully saturated rings. The van der Waals surface area contributed by atoms with Crippen molar-refractivity contribution in [2.45, 2.75) is 25.3 Å². The van der Waals surface area contributed by atoms with Crippen LogP contribution in [0.3, 0.4) is 0 Å². The molecule has 19 heavy (non-hydrogen) atoms. The summed E-state index contributed by atoms with van der Waals surface area (Å²) < 4.78 is 1.03. The summed E-state index contributed by atoms with van der Waals surface area (Å²) >= 11 is 8.33. The number of amides is 1. The molecule has 1 aromatic carbocycles. The lowest BCUT2D eigenvalue weighted by atomic mass is 10.0. The average Bonchev–Trinajstić information content (AvgIpc) is 2.38. The first-order valence-corrected chi connectivity index (χ1v) is 7.55. The van der Waals surface area contributed by atoms with Crippen LogP contribution in [-0.2, 0) is 0 Å². The monoisotopic (exact) mass is 414 g/mol. The third kappa shape index (κ3) is 3.97. The van der Waals surface area contributed by atoms with Crippen molar-refractivity contribution in [2.24, 2.45) is 5.73 Å². The van der Waals surface area contributed by atoms with Crippen LogP contribution in [0.2, 0.25) is 5.02 Å². The molecule has 1 heterocycles. The van der Waals surface area contributed by atoms with Gasteiger partial charge in [0.2, 0.25) is 0 Å². The molecular weight excluding hydrogens is 398 g/mol. The number of likely N-dealkylation sites (tertiary alicyclic amines) is 1. The summed E-state index contributed by atoms with van der Waals surface area (Å²) in [6, 6.07) is 5.67. The van der Waals surface area contributed by atoms with Gasteiger partial charge in [-0.05, 0) is 60.1 Å². The van der Waals surface area contributed by atoms with Gasteiger partial charge in [-0.3, -0.25) is 4.79 Å². The van der Waals surface area contributed by atoms with E-state index >= 15 is 0 Å². The predicted octanol–water partition coefficient (Wildman–Crippen LogP) is 3.32. The molecule has 1 atom stereocenters. The Kier molecular flexibility index (Phi) is 6.86. The van der Waals surface area contributed by atoms with Crippen LogP contribution < -0.4 is 5.73 Å². The smallest absolute Gasteiger partial charge is 0.255 e. The van der Waals surface area contributed by atoms with E-state index in [1.807, 2.05) is 17.0 Å². The van der Waals surface area contributed by atoms with Crippen molar-refractivity contribution in [2.75, 3.05) is 13.1 Å². The van der Waals surface area contributed by atoms with Gasteiger partial charge in [-0.15, -0.1) is 12.4 Å². The van der Waals surface area contributed by atoms with Crippen molar-refractivity contribution < 1.29 is 4.79 Å². The third-order valence-electron chi connectivity index (χ3n) is 3.32. The van der Waals surface area contributed by atoms with Crippen molar-refractivity contribution in [1.29, 1.82) is 0 Å². The molecule has 2 rings (SSSR count). The molecule has 1 amide bonds.